The second kappa shape index (κ2) is 6.04. The highest BCUT2D eigenvalue weighted by Crippen LogP contribution is 2.29. The lowest BCUT2D eigenvalue weighted by Gasteiger charge is -2.02. The zero-order valence-electron chi connectivity index (χ0n) is 11.5. The van der Waals surface area contributed by atoms with Gasteiger partial charge in [-0.15, -0.1) is 0 Å². The van der Waals surface area contributed by atoms with Gasteiger partial charge in [-0.3, -0.25) is 10.1 Å². The topological polar surface area (TPSA) is 82.6 Å². The maximum Gasteiger partial charge on any atom is 0.330 e. The van der Waals surface area contributed by atoms with Crippen LogP contribution < -0.4 is 0 Å². The van der Waals surface area contributed by atoms with Gasteiger partial charge in [-0.2, -0.15) is 0 Å². The lowest BCUT2D eigenvalue weighted by molar-refractivity contribution is -0.384. The van der Waals surface area contributed by atoms with Crippen molar-refractivity contribution in [1.29, 1.82) is 0 Å². The first-order chi connectivity index (χ1) is 10.0. The van der Waals surface area contributed by atoms with Crippen molar-refractivity contribution in [2.45, 2.75) is 6.92 Å². The fourth-order valence-corrected chi connectivity index (χ4v) is 1.79. The standard InChI is InChI=1S/C15H13NO5/c1-10-3-4-11(16(18)19)9-13(10)14-7-5-12(21-14)6-8-15(17)20-2/h3-9H,1-2H3/b8-6+. The van der Waals surface area contributed by atoms with E-state index in [1.807, 2.05) is 6.92 Å². The molecule has 0 amide bonds. The Balaban J connectivity index is 2.33. The molecule has 0 aliphatic heterocycles. The molecule has 1 aromatic carbocycles. The van der Waals surface area contributed by atoms with E-state index in [1.54, 1.807) is 18.2 Å². The van der Waals surface area contributed by atoms with E-state index in [4.69, 9.17) is 4.42 Å². The average Bonchev–Trinajstić information content (AvgIpc) is 2.93. The zero-order valence-corrected chi connectivity index (χ0v) is 11.5. The van der Waals surface area contributed by atoms with E-state index in [2.05, 4.69) is 4.74 Å². The van der Waals surface area contributed by atoms with Crippen LogP contribution in [0.5, 0.6) is 0 Å². The Labute approximate surface area is 120 Å². The summed E-state index contributed by atoms with van der Waals surface area (Å²) < 4.78 is 10.0. The number of ether oxygens (including phenoxy) is 1. The van der Waals surface area contributed by atoms with Crippen LogP contribution in [0.15, 0.2) is 40.8 Å². The molecule has 0 atom stereocenters. The third-order valence-electron chi connectivity index (χ3n) is 2.91. The minimum atomic E-state index is -0.487. The molecule has 0 spiro atoms. The third-order valence-corrected chi connectivity index (χ3v) is 2.91. The quantitative estimate of drug-likeness (QED) is 0.372. The summed E-state index contributed by atoms with van der Waals surface area (Å²) in [6.45, 7) is 1.84. The first-order valence-electron chi connectivity index (χ1n) is 6.12. The van der Waals surface area contributed by atoms with Gasteiger partial charge in [0.2, 0.25) is 0 Å². The summed E-state index contributed by atoms with van der Waals surface area (Å²) in [6, 6.07) is 7.94. The molecule has 2 rings (SSSR count). The van der Waals surface area contributed by atoms with Crippen molar-refractivity contribution in [3.05, 3.63) is 57.8 Å². The van der Waals surface area contributed by atoms with Crippen molar-refractivity contribution >= 4 is 17.7 Å². The van der Waals surface area contributed by atoms with E-state index in [-0.39, 0.29) is 5.69 Å². The Morgan fingerprint density at radius 1 is 1.33 bits per heavy atom. The molecule has 0 N–H and O–H groups in total. The monoisotopic (exact) mass is 287 g/mol. The molecule has 0 fully saturated rings. The number of hydrogen-bond donors (Lipinski definition) is 0. The molecule has 0 aliphatic carbocycles. The number of furan rings is 1. The molecule has 1 heterocycles. The second-order valence-electron chi connectivity index (χ2n) is 4.31. The van der Waals surface area contributed by atoms with Gasteiger partial charge in [-0.1, -0.05) is 6.07 Å². The molecule has 0 saturated carbocycles. The Morgan fingerprint density at radius 3 is 2.76 bits per heavy atom. The highest BCUT2D eigenvalue weighted by Gasteiger charge is 2.12. The number of carbonyl (C=O) groups is 1. The van der Waals surface area contributed by atoms with Crippen molar-refractivity contribution in [3.63, 3.8) is 0 Å². The van der Waals surface area contributed by atoms with Crippen LogP contribution in [-0.2, 0) is 9.53 Å². The van der Waals surface area contributed by atoms with Crippen molar-refractivity contribution in [2.24, 2.45) is 0 Å². The molecule has 0 radical (unpaired) electrons. The van der Waals surface area contributed by atoms with Gasteiger partial charge in [-0.25, -0.2) is 4.79 Å². The van der Waals surface area contributed by atoms with Crippen molar-refractivity contribution in [3.8, 4) is 11.3 Å². The summed E-state index contributed by atoms with van der Waals surface area (Å²) >= 11 is 0. The number of aryl methyl sites for hydroxylation is 1. The van der Waals surface area contributed by atoms with E-state index in [1.165, 1.54) is 31.4 Å². The second-order valence-corrected chi connectivity index (χ2v) is 4.31. The van der Waals surface area contributed by atoms with Crippen LogP contribution in [0.1, 0.15) is 11.3 Å². The van der Waals surface area contributed by atoms with Crippen LogP contribution >= 0.6 is 0 Å². The Bertz CT molecular complexity index is 715. The number of esters is 1. The van der Waals surface area contributed by atoms with Crippen LogP contribution in [-0.4, -0.2) is 18.0 Å². The molecule has 2 aromatic rings. The molecule has 0 bridgehead atoms. The van der Waals surface area contributed by atoms with Gasteiger partial charge >= 0.3 is 5.97 Å². The van der Waals surface area contributed by atoms with Crippen LogP contribution in [0.3, 0.4) is 0 Å². The fourth-order valence-electron chi connectivity index (χ4n) is 1.79. The summed E-state index contributed by atoms with van der Waals surface area (Å²) in [5, 5.41) is 10.8. The smallest absolute Gasteiger partial charge is 0.330 e. The predicted molar refractivity (Wildman–Crippen MR) is 76.6 cm³/mol. The van der Waals surface area contributed by atoms with E-state index in [0.717, 1.165) is 5.56 Å². The minimum absolute atomic E-state index is 0.00125. The van der Waals surface area contributed by atoms with E-state index >= 15 is 0 Å². The zero-order chi connectivity index (χ0) is 15.4. The number of non-ortho nitro benzene ring substituents is 1. The maximum atomic E-state index is 11.0. The maximum absolute atomic E-state index is 11.0. The molecule has 1 aromatic heterocycles. The Hall–Kier alpha value is -2.89. The summed E-state index contributed by atoms with van der Waals surface area (Å²) in [6.07, 6.45) is 2.71. The van der Waals surface area contributed by atoms with Gasteiger partial charge in [0.15, 0.2) is 0 Å². The average molecular weight is 287 g/mol. The van der Waals surface area contributed by atoms with Crippen molar-refractivity contribution < 1.29 is 18.9 Å². The van der Waals surface area contributed by atoms with Crippen LogP contribution in [0, 0.1) is 17.0 Å². The molecule has 0 unspecified atom stereocenters. The number of nitrogens with zero attached hydrogens (tertiary/aromatic N) is 1. The summed E-state index contributed by atoms with van der Waals surface area (Å²) in [4.78, 5) is 21.4. The molecular weight excluding hydrogens is 274 g/mol. The minimum Gasteiger partial charge on any atom is -0.466 e. The summed E-state index contributed by atoms with van der Waals surface area (Å²) in [7, 11) is 1.28. The van der Waals surface area contributed by atoms with Crippen molar-refractivity contribution in [2.75, 3.05) is 7.11 Å². The van der Waals surface area contributed by atoms with E-state index in [9.17, 15) is 14.9 Å². The number of benzene rings is 1. The van der Waals surface area contributed by atoms with Gasteiger partial charge in [-0.05, 0) is 30.7 Å². The number of hydrogen-bond acceptors (Lipinski definition) is 5. The molecule has 0 saturated heterocycles. The van der Waals surface area contributed by atoms with Crippen LogP contribution in [0.25, 0.3) is 17.4 Å². The number of nitro groups is 1. The van der Waals surface area contributed by atoms with Gasteiger partial charge in [0.05, 0.1) is 12.0 Å². The Kier molecular flexibility index (Phi) is 4.18. The van der Waals surface area contributed by atoms with Gasteiger partial charge in [0.25, 0.3) is 5.69 Å². The highest BCUT2D eigenvalue weighted by atomic mass is 16.6. The molecule has 0 aliphatic rings. The van der Waals surface area contributed by atoms with Crippen LogP contribution in [0.2, 0.25) is 0 Å². The van der Waals surface area contributed by atoms with E-state index in [0.29, 0.717) is 17.1 Å². The number of carbonyl (C=O) groups excluding carboxylic acids is 1. The van der Waals surface area contributed by atoms with Gasteiger partial charge < -0.3 is 9.15 Å². The first-order valence-corrected chi connectivity index (χ1v) is 6.12. The van der Waals surface area contributed by atoms with Gasteiger partial charge in [0, 0.05) is 23.8 Å². The van der Waals surface area contributed by atoms with Crippen molar-refractivity contribution in [1.82, 2.24) is 0 Å². The number of methoxy groups -OCH3 is 1. The first kappa shape index (κ1) is 14.5. The normalized spacial score (nSPS) is 10.8. The Morgan fingerprint density at radius 2 is 2.10 bits per heavy atom. The predicted octanol–water partition coefficient (Wildman–Crippen LogP) is 3.35. The lowest BCUT2D eigenvalue weighted by atomic mass is 10.1. The van der Waals surface area contributed by atoms with Gasteiger partial charge in [0.1, 0.15) is 11.5 Å². The fraction of sp³-hybridized carbons (Fsp3) is 0.133. The third kappa shape index (κ3) is 3.36. The highest BCUT2D eigenvalue weighted by molar-refractivity contribution is 5.86. The SMILES string of the molecule is COC(=O)/C=C/c1ccc(-c2cc([N+](=O)[O-])ccc2C)o1. The summed E-state index contributed by atoms with van der Waals surface area (Å²) in [5.74, 6) is 0.474. The molecule has 6 heteroatoms. The molecule has 108 valence electrons. The number of nitro benzene ring substituents is 1. The molecule has 6 nitrogen and oxygen atoms in total. The molecular formula is C15H13NO5. The van der Waals surface area contributed by atoms with E-state index < -0.39 is 10.9 Å². The molecule has 21 heavy (non-hydrogen) atoms. The number of rotatable bonds is 4. The lowest BCUT2D eigenvalue weighted by Crippen LogP contribution is -1.92. The summed E-state index contributed by atoms with van der Waals surface area (Å²) in [5.41, 5.74) is 1.50. The van der Waals surface area contributed by atoms with Crippen LogP contribution in [0.4, 0.5) is 5.69 Å². The largest absolute Gasteiger partial charge is 0.466 e.